The summed E-state index contributed by atoms with van der Waals surface area (Å²) in [6.45, 7) is 0. The third-order valence-corrected chi connectivity index (χ3v) is 9.18. The number of Topliss-reactive ketones (excluding diaryl/α,β-unsaturated/α-hetero) is 1. The molecule has 2 aliphatic rings. The standard InChI is InChI=1S/C26H19Cl3N6O2S2/c27-13-8-9-14(17(29)10-13)22-15(11-30)24(31)35(19-6-3-7-20(36)23(19)22)25-33-34-26(39-25)38-12-21(37)32-18-5-2-1-4-16(18)28/h1-2,4-5,8-10,22H,3,6-7,12,31H2,(H,32,37). The van der Waals surface area contributed by atoms with E-state index >= 15 is 0 Å². The average Bonchev–Trinajstić information content (AvgIpc) is 3.37. The zero-order valence-corrected chi connectivity index (χ0v) is 24.0. The van der Waals surface area contributed by atoms with E-state index in [1.54, 1.807) is 47.4 Å². The minimum Gasteiger partial charge on any atom is -0.384 e. The molecular formula is C26H19Cl3N6O2S2. The number of aromatic nitrogens is 2. The molecule has 1 aliphatic heterocycles. The van der Waals surface area contributed by atoms with Gasteiger partial charge in [0.05, 0.1) is 34.0 Å². The predicted octanol–water partition coefficient (Wildman–Crippen LogP) is 6.53. The minimum absolute atomic E-state index is 0.0760. The van der Waals surface area contributed by atoms with Gasteiger partial charge >= 0.3 is 0 Å². The van der Waals surface area contributed by atoms with Crippen LogP contribution in [-0.2, 0) is 9.59 Å². The number of benzene rings is 2. The van der Waals surface area contributed by atoms with Crippen molar-refractivity contribution < 1.29 is 9.59 Å². The molecule has 1 aliphatic carbocycles. The lowest BCUT2D eigenvalue weighted by molar-refractivity contribution is -0.116. The number of thioether (sulfide) groups is 1. The van der Waals surface area contributed by atoms with E-state index < -0.39 is 5.92 Å². The van der Waals surface area contributed by atoms with Crippen LogP contribution in [0.2, 0.25) is 15.1 Å². The molecule has 3 N–H and O–H groups in total. The Morgan fingerprint density at radius 3 is 2.72 bits per heavy atom. The molecule has 1 atom stereocenters. The first-order chi connectivity index (χ1) is 18.8. The van der Waals surface area contributed by atoms with Crippen LogP contribution in [-0.4, -0.2) is 27.6 Å². The highest BCUT2D eigenvalue weighted by Crippen LogP contribution is 2.48. The first-order valence-corrected chi connectivity index (χ1v) is 14.6. The summed E-state index contributed by atoms with van der Waals surface area (Å²) in [5.74, 6) is -0.800. The molecule has 0 bridgehead atoms. The number of halogens is 3. The Hall–Kier alpha value is -3.07. The number of allylic oxidation sites excluding steroid dienone is 3. The summed E-state index contributed by atoms with van der Waals surface area (Å²) in [4.78, 5) is 27.4. The van der Waals surface area contributed by atoms with Gasteiger partial charge in [-0.25, -0.2) is 0 Å². The number of carbonyl (C=O) groups is 2. The largest absolute Gasteiger partial charge is 0.384 e. The molecule has 0 saturated carbocycles. The maximum Gasteiger partial charge on any atom is 0.234 e. The van der Waals surface area contributed by atoms with Crippen molar-refractivity contribution in [3.8, 4) is 6.07 Å². The highest BCUT2D eigenvalue weighted by molar-refractivity contribution is 8.01. The number of anilines is 2. The molecule has 8 nitrogen and oxygen atoms in total. The van der Waals surface area contributed by atoms with Gasteiger partial charge < -0.3 is 11.1 Å². The SMILES string of the molecule is N#CC1=C(N)N(c2nnc(SCC(=O)Nc3ccccc3Cl)s2)C2=C(C(=O)CCC2)C1c1ccc(Cl)cc1Cl. The Bertz CT molecular complexity index is 1600. The second-order valence-electron chi connectivity index (χ2n) is 8.65. The fraction of sp³-hybridized carbons (Fsp3) is 0.192. The smallest absolute Gasteiger partial charge is 0.234 e. The average molecular weight is 618 g/mol. The number of carbonyl (C=O) groups excluding carboxylic acids is 2. The van der Waals surface area contributed by atoms with Crippen molar-refractivity contribution >= 4 is 80.4 Å². The maximum absolute atomic E-state index is 13.3. The molecule has 5 rings (SSSR count). The van der Waals surface area contributed by atoms with E-state index in [1.165, 1.54) is 23.1 Å². The van der Waals surface area contributed by atoms with E-state index in [9.17, 15) is 14.9 Å². The first kappa shape index (κ1) is 27.5. The van der Waals surface area contributed by atoms with Gasteiger partial charge in [0.25, 0.3) is 0 Å². The van der Waals surface area contributed by atoms with Crippen molar-refractivity contribution in [2.45, 2.75) is 29.5 Å². The van der Waals surface area contributed by atoms with Crippen molar-refractivity contribution in [3.63, 3.8) is 0 Å². The Morgan fingerprint density at radius 2 is 1.97 bits per heavy atom. The summed E-state index contributed by atoms with van der Waals surface area (Å²) < 4.78 is 0.526. The lowest BCUT2D eigenvalue weighted by Gasteiger charge is -2.38. The first-order valence-electron chi connectivity index (χ1n) is 11.7. The maximum atomic E-state index is 13.3. The van der Waals surface area contributed by atoms with E-state index in [1.807, 2.05) is 0 Å². The van der Waals surface area contributed by atoms with Gasteiger partial charge in [0.15, 0.2) is 10.1 Å². The topological polar surface area (TPSA) is 125 Å². The summed E-state index contributed by atoms with van der Waals surface area (Å²) in [5, 5.41) is 23.1. The van der Waals surface area contributed by atoms with Gasteiger partial charge in [0.1, 0.15) is 5.82 Å². The van der Waals surface area contributed by atoms with Crippen LogP contribution >= 0.6 is 57.9 Å². The van der Waals surface area contributed by atoms with Gasteiger partial charge in [-0.2, -0.15) is 5.26 Å². The van der Waals surface area contributed by atoms with E-state index in [2.05, 4.69) is 21.6 Å². The van der Waals surface area contributed by atoms with Gasteiger partial charge in [0.2, 0.25) is 11.0 Å². The van der Waals surface area contributed by atoms with Crippen molar-refractivity contribution in [1.82, 2.24) is 10.2 Å². The zero-order valence-electron chi connectivity index (χ0n) is 20.1. The van der Waals surface area contributed by atoms with Crippen molar-refractivity contribution in [2.24, 2.45) is 5.73 Å². The molecule has 1 amide bonds. The van der Waals surface area contributed by atoms with Gasteiger partial charge in [-0.1, -0.05) is 76.1 Å². The second-order valence-corrected chi connectivity index (χ2v) is 12.1. The molecule has 13 heteroatoms. The highest BCUT2D eigenvalue weighted by atomic mass is 35.5. The third-order valence-electron chi connectivity index (χ3n) is 6.25. The Kier molecular flexibility index (Phi) is 8.16. The van der Waals surface area contributed by atoms with Crippen molar-refractivity contribution in [1.29, 1.82) is 5.26 Å². The number of nitrogens with one attached hydrogen (secondary N) is 1. The molecule has 0 spiro atoms. The van der Waals surface area contributed by atoms with Gasteiger partial charge in [0, 0.05) is 27.7 Å². The lowest BCUT2D eigenvalue weighted by atomic mass is 9.76. The van der Waals surface area contributed by atoms with Crippen molar-refractivity contribution in [2.75, 3.05) is 16.0 Å². The van der Waals surface area contributed by atoms with E-state index in [-0.39, 0.29) is 28.8 Å². The van der Waals surface area contributed by atoms with Gasteiger partial charge in [-0.15, -0.1) is 10.2 Å². The number of rotatable bonds is 6. The lowest BCUT2D eigenvalue weighted by Crippen LogP contribution is -2.38. The molecule has 198 valence electrons. The minimum atomic E-state index is -0.714. The van der Waals surface area contributed by atoms with E-state index in [0.29, 0.717) is 66.3 Å². The summed E-state index contributed by atoms with van der Waals surface area (Å²) in [5.41, 5.74) is 9.02. The fourth-order valence-corrected chi connectivity index (χ4v) is 6.96. The van der Waals surface area contributed by atoms with Crippen LogP contribution in [0.5, 0.6) is 0 Å². The highest BCUT2D eigenvalue weighted by Gasteiger charge is 2.42. The predicted molar refractivity (Wildman–Crippen MR) is 155 cm³/mol. The molecule has 0 radical (unpaired) electrons. The summed E-state index contributed by atoms with van der Waals surface area (Å²) in [6, 6.07) is 14.1. The Morgan fingerprint density at radius 1 is 1.18 bits per heavy atom. The Balaban J connectivity index is 1.44. The number of hydrogen-bond acceptors (Lipinski definition) is 9. The molecule has 1 unspecified atom stereocenters. The summed E-state index contributed by atoms with van der Waals surface area (Å²) in [6.07, 6.45) is 1.54. The molecule has 0 fully saturated rings. The monoisotopic (exact) mass is 616 g/mol. The van der Waals surface area contributed by atoms with Gasteiger partial charge in [-0.3, -0.25) is 14.5 Å². The normalized spacial score (nSPS) is 17.2. The summed E-state index contributed by atoms with van der Waals surface area (Å²) >= 11 is 21.2. The molecule has 39 heavy (non-hydrogen) atoms. The number of ketones is 1. The number of hydrogen-bond donors (Lipinski definition) is 2. The number of para-hydroxylation sites is 1. The van der Waals surface area contributed by atoms with Crippen LogP contribution in [0.25, 0.3) is 0 Å². The quantitative estimate of drug-likeness (QED) is 0.299. The molecule has 2 aromatic carbocycles. The van der Waals surface area contributed by atoms with Gasteiger partial charge in [-0.05, 0) is 42.7 Å². The van der Waals surface area contributed by atoms with Crippen LogP contribution in [0.3, 0.4) is 0 Å². The Labute approximate surface area is 247 Å². The van der Waals surface area contributed by atoms with Crippen LogP contribution in [0.1, 0.15) is 30.7 Å². The third kappa shape index (κ3) is 5.51. The summed E-state index contributed by atoms with van der Waals surface area (Å²) in [7, 11) is 0. The van der Waals surface area contributed by atoms with Crippen LogP contribution in [0.4, 0.5) is 10.8 Å². The number of nitrogens with two attached hydrogens (primary N) is 1. The van der Waals surface area contributed by atoms with Crippen LogP contribution in [0.15, 0.2) is 69.5 Å². The zero-order chi connectivity index (χ0) is 27.7. The van der Waals surface area contributed by atoms with E-state index in [4.69, 9.17) is 40.5 Å². The fourth-order valence-electron chi connectivity index (χ4n) is 4.58. The number of amides is 1. The molecule has 2 heterocycles. The molecule has 1 aromatic heterocycles. The molecule has 3 aromatic rings. The number of nitriles is 1. The van der Waals surface area contributed by atoms with E-state index in [0.717, 1.165) is 0 Å². The number of nitrogens with zero attached hydrogens (tertiary/aromatic N) is 4. The molecular weight excluding hydrogens is 599 g/mol. The van der Waals surface area contributed by atoms with Crippen molar-refractivity contribution in [3.05, 3.63) is 85.8 Å². The second kappa shape index (κ2) is 11.6. The van der Waals surface area contributed by atoms with Crippen LogP contribution in [0, 0.1) is 11.3 Å². The van der Waals surface area contributed by atoms with Crippen LogP contribution < -0.4 is 16.0 Å². The molecule has 0 saturated heterocycles.